The van der Waals surface area contributed by atoms with Crippen LogP contribution in [0.15, 0.2) is 24.3 Å². The number of carbonyl (C=O) groups is 2. The van der Waals surface area contributed by atoms with Crippen LogP contribution in [0, 0.1) is 18.2 Å². The van der Waals surface area contributed by atoms with Crippen molar-refractivity contribution >= 4 is 11.9 Å². The Morgan fingerprint density at radius 1 is 1.33 bits per heavy atom. The van der Waals surface area contributed by atoms with Gasteiger partial charge >= 0.3 is 5.97 Å². The highest BCUT2D eigenvalue weighted by Crippen LogP contribution is 2.11. The molecule has 5 nitrogen and oxygen atoms in total. The van der Waals surface area contributed by atoms with E-state index >= 15 is 0 Å². The summed E-state index contributed by atoms with van der Waals surface area (Å²) in [5.41, 5.74) is 0. The van der Waals surface area contributed by atoms with Crippen LogP contribution in [0.3, 0.4) is 0 Å². The Morgan fingerprint density at radius 3 is 2.57 bits per heavy atom. The summed E-state index contributed by atoms with van der Waals surface area (Å²) in [5, 5.41) is 8.68. The molecule has 0 spiro atoms. The van der Waals surface area contributed by atoms with Crippen molar-refractivity contribution in [1.29, 1.82) is 0 Å². The molecular weight excluding hydrogens is 277 g/mol. The second-order valence-electron chi connectivity index (χ2n) is 4.25. The lowest BCUT2D eigenvalue weighted by Gasteiger charge is -2.17. The van der Waals surface area contributed by atoms with Crippen molar-refractivity contribution in [2.75, 3.05) is 19.7 Å². The van der Waals surface area contributed by atoms with Crippen LogP contribution in [-0.2, 0) is 9.59 Å². The fraction of sp³-hybridized carbons (Fsp3) is 0.333. The van der Waals surface area contributed by atoms with E-state index in [4.69, 9.17) is 16.3 Å². The third-order valence-corrected chi connectivity index (χ3v) is 2.58. The van der Waals surface area contributed by atoms with Crippen LogP contribution < -0.4 is 4.74 Å². The number of nitrogens with zero attached hydrogens (tertiary/aromatic N) is 1. The molecule has 1 N–H and O–H groups in total. The zero-order valence-electron chi connectivity index (χ0n) is 11.4. The van der Waals surface area contributed by atoms with Crippen LogP contribution in [0.2, 0.25) is 0 Å². The van der Waals surface area contributed by atoms with Gasteiger partial charge in [0.2, 0.25) is 5.91 Å². The third kappa shape index (κ3) is 6.43. The fourth-order valence-electron chi connectivity index (χ4n) is 1.61. The van der Waals surface area contributed by atoms with E-state index in [0.717, 1.165) is 4.90 Å². The molecule has 1 aromatic rings. The van der Waals surface area contributed by atoms with Crippen molar-refractivity contribution in [3.8, 4) is 18.1 Å². The number of rotatable bonds is 8. The number of hydrogen-bond acceptors (Lipinski definition) is 3. The summed E-state index contributed by atoms with van der Waals surface area (Å²) >= 11 is 0. The predicted octanol–water partition coefficient (Wildman–Crippen LogP) is 1.53. The highest BCUT2D eigenvalue weighted by molar-refractivity contribution is 5.81. The van der Waals surface area contributed by atoms with E-state index in [0.29, 0.717) is 12.2 Å². The summed E-state index contributed by atoms with van der Waals surface area (Å²) in [5.74, 6) is 0.964. The molecule has 0 bridgehead atoms. The summed E-state index contributed by atoms with van der Waals surface area (Å²) < 4.78 is 18.0. The molecule has 0 saturated carbocycles. The fourth-order valence-corrected chi connectivity index (χ4v) is 1.61. The number of hydrogen-bond donors (Lipinski definition) is 1. The molecule has 0 aliphatic rings. The number of ether oxygens (including phenoxy) is 1. The molecular formula is C15H16FNO4. The third-order valence-electron chi connectivity index (χ3n) is 2.58. The van der Waals surface area contributed by atoms with Gasteiger partial charge in [0.1, 0.15) is 18.1 Å². The molecule has 0 atom stereocenters. The smallest absolute Gasteiger partial charge is 0.323 e. The quantitative estimate of drug-likeness (QED) is 0.583. The predicted molar refractivity (Wildman–Crippen MR) is 74.2 cm³/mol. The maximum absolute atomic E-state index is 12.7. The molecule has 0 fully saturated rings. The zero-order chi connectivity index (χ0) is 15.7. The van der Waals surface area contributed by atoms with Crippen molar-refractivity contribution in [3.05, 3.63) is 30.1 Å². The lowest BCUT2D eigenvalue weighted by molar-refractivity contribution is -0.144. The summed E-state index contributed by atoms with van der Waals surface area (Å²) in [6, 6.07) is 5.54. The minimum Gasteiger partial charge on any atom is -0.494 e. The Hall–Kier alpha value is -2.55. The van der Waals surface area contributed by atoms with Crippen molar-refractivity contribution in [1.82, 2.24) is 4.90 Å². The van der Waals surface area contributed by atoms with E-state index in [1.807, 2.05) is 0 Å². The van der Waals surface area contributed by atoms with Crippen LogP contribution in [0.25, 0.3) is 0 Å². The van der Waals surface area contributed by atoms with Gasteiger partial charge in [-0.1, -0.05) is 5.92 Å². The highest BCUT2D eigenvalue weighted by Gasteiger charge is 2.15. The van der Waals surface area contributed by atoms with Crippen LogP contribution in [0.1, 0.15) is 12.8 Å². The molecule has 0 unspecified atom stereocenters. The number of aliphatic carboxylic acids is 1. The normalized spacial score (nSPS) is 9.71. The van der Waals surface area contributed by atoms with Gasteiger partial charge in [-0.15, -0.1) is 6.42 Å². The van der Waals surface area contributed by atoms with E-state index in [-0.39, 0.29) is 31.3 Å². The zero-order valence-corrected chi connectivity index (χ0v) is 11.4. The first kappa shape index (κ1) is 16.5. The van der Waals surface area contributed by atoms with E-state index in [9.17, 15) is 14.0 Å². The second-order valence-corrected chi connectivity index (χ2v) is 4.25. The van der Waals surface area contributed by atoms with Gasteiger partial charge in [0, 0.05) is 6.42 Å². The van der Waals surface area contributed by atoms with Crippen molar-refractivity contribution < 1.29 is 23.8 Å². The monoisotopic (exact) mass is 293 g/mol. The first-order valence-electron chi connectivity index (χ1n) is 6.34. The molecule has 21 heavy (non-hydrogen) atoms. The average molecular weight is 293 g/mol. The SMILES string of the molecule is C#CCN(CC(=O)O)C(=O)CCCOc1ccc(F)cc1. The second kappa shape index (κ2) is 8.59. The molecule has 0 heterocycles. The number of carboxylic acid groups (broad SMARTS) is 1. The van der Waals surface area contributed by atoms with Gasteiger partial charge in [-0.25, -0.2) is 4.39 Å². The highest BCUT2D eigenvalue weighted by atomic mass is 19.1. The van der Waals surface area contributed by atoms with Gasteiger partial charge < -0.3 is 14.7 Å². The Labute approximate surface area is 122 Å². The minimum atomic E-state index is -1.11. The maximum Gasteiger partial charge on any atom is 0.323 e. The summed E-state index contributed by atoms with van der Waals surface area (Å²) in [6.07, 6.45) is 5.64. The largest absolute Gasteiger partial charge is 0.494 e. The Morgan fingerprint density at radius 2 is 2.00 bits per heavy atom. The number of benzene rings is 1. The summed E-state index contributed by atoms with van der Waals surface area (Å²) in [6.45, 7) is -0.180. The van der Waals surface area contributed by atoms with Gasteiger partial charge in [-0.2, -0.15) is 0 Å². The molecule has 1 amide bonds. The molecule has 0 aromatic heterocycles. The molecule has 0 aliphatic heterocycles. The number of amides is 1. The van der Waals surface area contributed by atoms with Gasteiger partial charge in [0.15, 0.2) is 0 Å². The van der Waals surface area contributed by atoms with Gasteiger partial charge in [0.05, 0.1) is 13.2 Å². The molecule has 1 aromatic carbocycles. The molecule has 6 heteroatoms. The van der Waals surface area contributed by atoms with E-state index < -0.39 is 12.5 Å². The van der Waals surface area contributed by atoms with Gasteiger partial charge in [-0.05, 0) is 30.7 Å². The summed E-state index contributed by atoms with van der Waals surface area (Å²) in [7, 11) is 0. The number of terminal acetylenes is 1. The standard InChI is InChI=1S/C15H16FNO4/c1-2-9-17(11-15(19)20)14(18)4-3-10-21-13-7-5-12(16)6-8-13/h1,5-8H,3-4,9-11H2,(H,19,20). The molecule has 0 radical (unpaired) electrons. The molecule has 112 valence electrons. The molecule has 0 aliphatic carbocycles. The number of carboxylic acids is 1. The Bertz CT molecular complexity index is 521. The maximum atomic E-state index is 12.7. The molecule has 1 rings (SSSR count). The Kier molecular flexibility index (Phi) is 6.75. The number of halogens is 1. The van der Waals surface area contributed by atoms with Crippen LogP contribution >= 0.6 is 0 Å². The average Bonchev–Trinajstić information content (AvgIpc) is 2.44. The van der Waals surface area contributed by atoms with Gasteiger partial charge in [-0.3, -0.25) is 9.59 Å². The topological polar surface area (TPSA) is 66.8 Å². The lowest BCUT2D eigenvalue weighted by atomic mass is 10.2. The van der Waals surface area contributed by atoms with Crippen molar-refractivity contribution in [3.63, 3.8) is 0 Å². The van der Waals surface area contributed by atoms with Crippen LogP contribution in [0.5, 0.6) is 5.75 Å². The van der Waals surface area contributed by atoms with Crippen LogP contribution in [-0.4, -0.2) is 41.6 Å². The summed E-state index contributed by atoms with van der Waals surface area (Å²) in [4.78, 5) is 23.5. The Balaban J connectivity index is 2.33. The van der Waals surface area contributed by atoms with Gasteiger partial charge in [0.25, 0.3) is 0 Å². The lowest BCUT2D eigenvalue weighted by Crippen LogP contribution is -2.36. The van der Waals surface area contributed by atoms with Crippen LogP contribution in [0.4, 0.5) is 4.39 Å². The van der Waals surface area contributed by atoms with Crippen molar-refractivity contribution in [2.45, 2.75) is 12.8 Å². The number of carbonyl (C=O) groups excluding carboxylic acids is 1. The first-order chi connectivity index (χ1) is 10.0. The molecule has 0 saturated heterocycles. The van der Waals surface area contributed by atoms with Crippen molar-refractivity contribution in [2.24, 2.45) is 0 Å². The van der Waals surface area contributed by atoms with E-state index in [2.05, 4.69) is 5.92 Å². The first-order valence-corrected chi connectivity index (χ1v) is 6.34. The van der Waals surface area contributed by atoms with E-state index in [1.165, 1.54) is 24.3 Å². The minimum absolute atomic E-state index is 0.0377. The van der Waals surface area contributed by atoms with E-state index in [1.54, 1.807) is 0 Å².